The number of benzene rings is 1. The number of H-pyrrole nitrogens is 2. The molecule has 4 N–H and O–H groups in total. The maximum Gasteiger partial charge on any atom is 0.268 e. The molecule has 2 atom stereocenters. The van der Waals surface area contributed by atoms with E-state index >= 15 is 0 Å². The molecular formula is C20H26N4O2. The van der Waals surface area contributed by atoms with E-state index in [2.05, 4.69) is 20.3 Å². The SMILES string of the molecule is Cc1[nH]c(C(=O)N[C@H](c2nc3ccccc3[nH]2)C(C)C)c(C)c1[C@@H](C)O. The summed E-state index contributed by atoms with van der Waals surface area (Å²) in [5, 5.41) is 13.0. The van der Waals surface area contributed by atoms with Crippen molar-refractivity contribution in [3.63, 3.8) is 0 Å². The first-order valence-electron chi connectivity index (χ1n) is 8.92. The highest BCUT2D eigenvalue weighted by molar-refractivity contribution is 5.94. The van der Waals surface area contributed by atoms with Gasteiger partial charge in [-0.1, -0.05) is 26.0 Å². The van der Waals surface area contributed by atoms with Crippen molar-refractivity contribution in [1.29, 1.82) is 0 Å². The number of hydrogen-bond donors (Lipinski definition) is 4. The zero-order valence-electron chi connectivity index (χ0n) is 15.8. The van der Waals surface area contributed by atoms with Crippen LogP contribution in [0.5, 0.6) is 0 Å². The van der Waals surface area contributed by atoms with Crippen molar-refractivity contribution in [2.24, 2.45) is 5.92 Å². The smallest absolute Gasteiger partial charge is 0.268 e. The second kappa shape index (κ2) is 6.96. The Balaban J connectivity index is 1.91. The van der Waals surface area contributed by atoms with E-state index < -0.39 is 6.10 Å². The van der Waals surface area contributed by atoms with Crippen LogP contribution in [0.1, 0.15) is 66.1 Å². The lowest BCUT2D eigenvalue weighted by molar-refractivity contribution is 0.0918. The predicted octanol–water partition coefficient (Wildman–Crippen LogP) is 3.69. The summed E-state index contributed by atoms with van der Waals surface area (Å²) in [6.07, 6.45) is -0.621. The van der Waals surface area contributed by atoms with Gasteiger partial charge in [-0.2, -0.15) is 0 Å². The maximum absolute atomic E-state index is 12.9. The Morgan fingerprint density at radius 3 is 2.42 bits per heavy atom. The van der Waals surface area contributed by atoms with Gasteiger partial charge in [-0.25, -0.2) is 4.98 Å². The number of hydrogen-bond acceptors (Lipinski definition) is 3. The lowest BCUT2D eigenvalue weighted by Gasteiger charge is -2.20. The molecule has 2 aromatic heterocycles. The number of imidazole rings is 1. The summed E-state index contributed by atoms with van der Waals surface area (Å²) in [7, 11) is 0. The summed E-state index contributed by atoms with van der Waals surface area (Å²) in [6, 6.07) is 7.57. The van der Waals surface area contributed by atoms with Crippen LogP contribution < -0.4 is 5.32 Å². The third kappa shape index (κ3) is 3.24. The molecule has 0 aliphatic heterocycles. The second-order valence-corrected chi connectivity index (χ2v) is 7.17. The number of para-hydroxylation sites is 2. The molecule has 138 valence electrons. The van der Waals surface area contributed by atoms with Crippen LogP contribution in [0.3, 0.4) is 0 Å². The van der Waals surface area contributed by atoms with Crippen molar-refractivity contribution >= 4 is 16.9 Å². The van der Waals surface area contributed by atoms with Crippen molar-refractivity contribution in [2.45, 2.75) is 46.8 Å². The molecule has 0 saturated heterocycles. The molecule has 3 aromatic rings. The van der Waals surface area contributed by atoms with Gasteiger partial charge in [-0.05, 0) is 44.4 Å². The number of nitrogens with one attached hydrogen (secondary N) is 3. The van der Waals surface area contributed by atoms with Gasteiger partial charge in [0.25, 0.3) is 5.91 Å². The highest BCUT2D eigenvalue weighted by Gasteiger charge is 2.25. The van der Waals surface area contributed by atoms with Crippen molar-refractivity contribution in [3.8, 4) is 0 Å². The average Bonchev–Trinajstić information content (AvgIpc) is 3.12. The molecule has 0 radical (unpaired) electrons. The highest BCUT2D eigenvalue weighted by atomic mass is 16.3. The molecule has 0 bridgehead atoms. The van der Waals surface area contributed by atoms with Crippen LogP contribution in [-0.4, -0.2) is 26.0 Å². The first-order chi connectivity index (χ1) is 12.3. The third-order valence-electron chi connectivity index (χ3n) is 4.80. The Morgan fingerprint density at radius 1 is 1.15 bits per heavy atom. The molecule has 3 rings (SSSR count). The Bertz CT molecular complexity index is 904. The topological polar surface area (TPSA) is 93.8 Å². The van der Waals surface area contributed by atoms with E-state index in [1.807, 2.05) is 52.0 Å². The molecule has 0 aliphatic carbocycles. The minimum Gasteiger partial charge on any atom is -0.389 e. The fourth-order valence-electron chi connectivity index (χ4n) is 3.50. The summed E-state index contributed by atoms with van der Waals surface area (Å²) in [5.74, 6) is 0.704. The van der Waals surface area contributed by atoms with Crippen molar-refractivity contribution in [3.05, 3.63) is 52.6 Å². The van der Waals surface area contributed by atoms with Gasteiger partial charge in [0.15, 0.2) is 0 Å². The van der Waals surface area contributed by atoms with Crippen LogP contribution in [0.15, 0.2) is 24.3 Å². The van der Waals surface area contributed by atoms with Crippen LogP contribution in [0.4, 0.5) is 0 Å². The third-order valence-corrected chi connectivity index (χ3v) is 4.80. The number of aromatic amines is 2. The minimum atomic E-state index is -0.621. The predicted molar refractivity (Wildman–Crippen MR) is 102 cm³/mol. The van der Waals surface area contributed by atoms with Crippen molar-refractivity contribution in [2.75, 3.05) is 0 Å². The van der Waals surface area contributed by atoms with Gasteiger partial charge in [-0.15, -0.1) is 0 Å². The van der Waals surface area contributed by atoms with Gasteiger partial charge < -0.3 is 20.4 Å². The number of aliphatic hydroxyl groups is 1. The van der Waals surface area contributed by atoms with Crippen LogP contribution in [0, 0.1) is 19.8 Å². The molecule has 6 nitrogen and oxygen atoms in total. The lowest BCUT2D eigenvalue weighted by Crippen LogP contribution is -2.33. The Kier molecular flexibility index (Phi) is 4.87. The zero-order chi connectivity index (χ0) is 19.0. The Labute approximate surface area is 153 Å². The molecule has 0 aliphatic rings. The number of amides is 1. The number of aromatic nitrogens is 3. The summed E-state index contributed by atoms with van der Waals surface area (Å²) in [4.78, 5) is 23.9. The zero-order valence-corrected chi connectivity index (χ0v) is 15.8. The molecule has 2 heterocycles. The van der Waals surface area contributed by atoms with E-state index in [1.165, 1.54) is 0 Å². The fraction of sp³-hybridized carbons (Fsp3) is 0.400. The van der Waals surface area contributed by atoms with Crippen LogP contribution >= 0.6 is 0 Å². The van der Waals surface area contributed by atoms with Gasteiger partial charge in [0.05, 0.1) is 23.2 Å². The molecule has 0 spiro atoms. The quantitative estimate of drug-likeness (QED) is 0.563. The van der Waals surface area contributed by atoms with E-state index in [0.717, 1.165) is 33.7 Å². The van der Waals surface area contributed by atoms with Crippen molar-refractivity contribution < 1.29 is 9.90 Å². The van der Waals surface area contributed by atoms with Gasteiger partial charge in [0.2, 0.25) is 0 Å². The molecule has 0 fully saturated rings. The van der Waals surface area contributed by atoms with Gasteiger partial charge in [0, 0.05) is 11.3 Å². The number of carbonyl (C=O) groups is 1. The van der Waals surface area contributed by atoms with E-state index in [9.17, 15) is 9.90 Å². The first kappa shape index (κ1) is 18.2. The number of aliphatic hydroxyl groups excluding tert-OH is 1. The number of aryl methyl sites for hydroxylation is 1. The monoisotopic (exact) mass is 354 g/mol. The lowest BCUT2D eigenvalue weighted by atomic mass is 10.0. The number of fused-ring (bicyclic) bond motifs is 1. The van der Waals surface area contributed by atoms with Crippen molar-refractivity contribution in [1.82, 2.24) is 20.3 Å². The van der Waals surface area contributed by atoms with Gasteiger partial charge >= 0.3 is 0 Å². The summed E-state index contributed by atoms with van der Waals surface area (Å²) >= 11 is 0. The molecule has 1 aromatic carbocycles. The number of rotatable bonds is 5. The minimum absolute atomic E-state index is 0.159. The maximum atomic E-state index is 12.9. The summed E-state index contributed by atoms with van der Waals surface area (Å²) in [6.45, 7) is 9.52. The molecule has 0 saturated carbocycles. The molecule has 6 heteroatoms. The Morgan fingerprint density at radius 2 is 1.85 bits per heavy atom. The van der Waals surface area contributed by atoms with Gasteiger partial charge in [-0.3, -0.25) is 4.79 Å². The first-order valence-corrected chi connectivity index (χ1v) is 8.92. The number of nitrogens with zero attached hydrogens (tertiary/aromatic N) is 1. The molecule has 26 heavy (non-hydrogen) atoms. The van der Waals surface area contributed by atoms with Gasteiger partial charge in [0.1, 0.15) is 11.5 Å². The summed E-state index contributed by atoms with van der Waals surface area (Å²) in [5.41, 5.74) is 4.69. The Hall–Kier alpha value is -2.60. The normalized spacial score (nSPS) is 14.0. The van der Waals surface area contributed by atoms with E-state index in [-0.39, 0.29) is 17.9 Å². The van der Waals surface area contributed by atoms with E-state index in [0.29, 0.717) is 5.69 Å². The summed E-state index contributed by atoms with van der Waals surface area (Å²) < 4.78 is 0. The second-order valence-electron chi connectivity index (χ2n) is 7.17. The van der Waals surface area contributed by atoms with E-state index in [1.54, 1.807) is 6.92 Å². The largest absolute Gasteiger partial charge is 0.389 e. The molecule has 1 amide bonds. The standard InChI is InChI=1S/C20H26N4O2/c1-10(2)17(19-22-14-8-6-7-9-15(14)23-19)24-20(26)18-11(3)16(13(5)25)12(4)21-18/h6-10,13,17,21,25H,1-5H3,(H,22,23)(H,24,26)/t13-,17+/m1/s1. The van der Waals surface area contributed by atoms with Crippen LogP contribution in [-0.2, 0) is 0 Å². The average molecular weight is 354 g/mol. The van der Waals surface area contributed by atoms with Crippen LogP contribution in [0.2, 0.25) is 0 Å². The van der Waals surface area contributed by atoms with E-state index in [4.69, 9.17) is 0 Å². The number of carbonyl (C=O) groups excluding carboxylic acids is 1. The van der Waals surface area contributed by atoms with Crippen LogP contribution in [0.25, 0.3) is 11.0 Å². The molecule has 0 unspecified atom stereocenters. The fourth-order valence-corrected chi connectivity index (χ4v) is 3.50. The highest BCUT2D eigenvalue weighted by Crippen LogP contribution is 2.26. The molecular weight excluding hydrogens is 328 g/mol.